The third-order valence-electron chi connectivity index (χ3n) is 4.70. The Hall–Kier alpha value is -2.25. The normalized spacial score (nSPS) is 20.4. The number of aryl methyl sites for hydroxylation is 1. The largest absolute Gasteiger partial charge is 0.393 e. The molecule has 0 aromatic carbocycles. The summed E-state index contributed by atoms with van der Waals surface area (Å²) in [6.07, 6.45) is 2.77. The van der Waals surface area contributed by atoms with E-state index in [1.54, 1.807) is 16.9 Å². The fourth-order valence-corrected chi connectivity index (χ4v) is 3.30. The van der Waals surface area contributed by atoms with Crippen LogP contribution in [-0.4, -0.2) is 45.1 Å². The number of aliphatic hydroxyl groups excluding tert-OH is 1. The van der Waals surface area contributed by atoms with Gasteiger partial charge in [0.15, 0.2) is 0 Å². The number of amides is 1. The number of aliphatic hydroxyl groups is 1. The Labute approximate surface area is 153 Å². The number of nitrogens with one attached hydrogen (secondary N) is 1. The number of rotatable bonds is 8. The van der Waals surface area contributed by atoms with Gasteiger partial charge in [-0.3, -0.25) is 14.5 Å². The van der Waals surface area contributed by atoms with Gasteiger partial charge in [-0.1, -0.05) is 6.07 Å². The molecule has 3 rings (SSSR count). The van der Waals surface area contributed by atoms with Gasteiger partial charge in [-0.05, 0) is 50.8 Å². The number of hydrogen-bond donors (Lipinski definition) is 2. The number of hydrogen-bond acceptors (Lipinski definition) is 5. The lowest BCUT2D eigenvalue weighted by molar-refractivity contribution is 0.0227. The molecule has 1 aliphatic carbocycles. The SMILES string of the molecule is CCOCCn1nc(C)cc1C(=O)NC(c1ccccn1)C1CC(O)C1. The van der Waals surface area contributed by atoms with Gasteiger partial charge >= 0.3 is 0 Å². The maximum atomic E-state index is 12.9. The minimum atomic E-state index is -0.290. The summed E-state index contributed by atoms with van der Waals surface area (Å²) in [4.78, 5) is 17.3. The van der Waals surface area contributed by atoms with Crippen molar-refractivity contribution >= 4 is 5.91 Å². The Balaban J connectivity index is 1.76. The number of carbonyl (C=O) groups is 1. The number of aromatic nitrogens is 3. The van der Waals surface area contributed by atoms with Crippen LogP contribution in [0.4, 0.5) is 0 Å². The minimum absolute atomic E-state index is 0.181. The maximum absolute atomic E-state index is 12.9. The first-order valence-electron chi connectivity index (χ1n) is 9.10. The molecule has 1 unspecified atom stereocenters. The van der Waals surface area contributed by atoms with E-state index >= 15 is 0 Å². The van der Waals surface area contributed by atoms with Crippen LogP contribution in [0.15, 0.2) is 30.5 Å². The highest BCUT2D eigenvalue weighted by Crippen LogP contribution is 2.37. The molecule has 2 N–H and O–H groups in total. The lowest BCUT2D eigenvalue weighted by atomic mass is 9.76. The van der Waals surface area contributed by atoms with Gasteiger partial charge in [0.05, 0.1) is 36.7 Å². The number of carbonyl (C=O) groups excluding carboxylic acids is 1. The zero-order valence-electron chi connectivity index (χ0n) is 15.3. The van der Waals surface area contributed by atoms with Crippen molar-refractivity contribution in [3.8, 4) is 0 Å². The predicted octanol–water partition coefficient (Wildman–Crippen LogP) is 1.87. The predicted molar refractivity (Wildman–Crippen MR) is 96.6 cm³/mol. The topological polar surface area (TPSA) is 89.3 Å². The van der Waals surface area contributed by atoms with Crippen LogP contribution in [0.5, 0.6) is 0 Å². The van der Waals surface area contributed by atoms with E-state index in [0.29, 0.717) is 38.3 Å². The van der Waals surface area contributed by atoms with Crippen LogP contribution in [0.1, 0.15) is 47.7 Å². The number of ether oxygens (including phenoxy) is 1. The summed E-state index contributed by atoms with van der Waals surface area (Å²) >= 11 is 0. The van der Waals surface area contributed by atoms with Crippen LogP contribution in [-0.2, 0) is 11.3 Å². The highest BCUT2D eigenvalue weighted by atomic mass is 16.5. The summed E-state index contributed by atoms with van der Waals surface area (Å²) in [6, 6.07) is 7.24. The van der Waals surface area contributed by atoms with E-state index in [1.165, 1.54) is 0 Å². The lowest BCUT2D eigenvalue weighted by Crippen LogP contribution is -2.42. The molecule has 0 saturated heterocycles. The fourth-order valence-electron chi connectivity index (χ4n) is 3.30. The summed E-state index contributed by atoms with van der Waals surface area (Å²) in [5.74, 6) is 0.00360. The summed E-state index contributed by atoms with van der Waals surface area (Å²) in [6.45, 7) is 5.48. The van der Waals surface area contributed by atoms with E-state index in [9.17, 15) is 9.90 Å². The molecule has 7 nitrogen and oxygen atoms in total. The Bertz CT molecular complexity index is 726. The second kappa shape index (κ2) is 8.42. The van der Waals surface area contributed by atoms with Crippen molar-refractivity contribution < 1.29 is 14.6 Å². The van der Waals surface area contributed by atoms with Gasteiger partial charge in [-0.15, -0.1) is 0 Å². The first kappa shape index (κ1) is 18.5. The monoisotopic (exact) mass is 358 g/mol. The van der Waals surface area contributed by atoms with Crippen LogP contribution < -0.4 is 5.32 Å². The summed E-state index contributed by atoms with van der Waals surface area (Å²) in [7, 11) is 0. The molecule has 0 bridgehead atoms. The molecule has 26 heavy (non-hydrogen) atoms. The molecule has 140 valence electrons. The molecule has 0 radical (unpaired) electrons. The van der Waals surface area contributed by atoms with Gasteiger partial charge < -0.3 is 15.2 Å². The zero-order valence-corrected chi connectivity index (χ0v) is 15.3. The summed E-state index contributed by atoms with van der Waals surface area (Å²) in [5.41, 5.74) is 2.12. The van der Waals surface area contributed by atoms with Crippen LogP contribution in [0.3, 0.4) is 0 Å². The Kier molecular flexibility index (Phi) is 6.00. The zero-order chi connectivity index (χ0) is 18.5. The molecule has 0 aliphatic heterocycles. The maximum Gasteiger partial charge on any atom is 0.270 e. The van der Waals surface area contributed by atoms with E-state index < -0.39 is 0 Å². The van der Waals surface area contributed by atoms with Gasteiger partial charge in [0, 0.05) is 12.8 Å². The second-order valence-electron chi connectivity index (χ2n) is 6.68. The molecule has 1 saturated carbocycles. The Morgan fingerprint density at radius 3 is 2.92 bits per heavy atom. The lowest BCUT2D eigenvalue weighted by Gasteiger charge is -2.37. The minimum Gasteiger partial charge on any atom is -0.393 e. The average Bonchev–Trinajstić information content (AvgIpc) is 2.99. The molecule has 1 fully saturated rings. The molecule has 1 atom stereocenters. The Morgan fingerprint density at radius 1 is 1.46 bits per heavy atom. The molecule has 0 spiro atoms. The molecule has 7 heteroatoms. The van der Waals surface area contributed by atoms with Crippen molar-refractivity contribution in [2.45, 2.75) is 45.4 Å². The highest BCUT2D eigenvalue weighted by molar-refractivity contribution is 5.93. The van der Waals surface area contributed by atoms with Crippen molar-refractivity contribution in [2.75, 3.05) is 13.2 Å². The molecule has 2 heterocycles. The standard InChI is InChI=1S/C19H26N4O3/c1-3-26-9-8-23-17(10-13(2)22-23)19(25)21-18(14-11-15(24)12-14)16-6-4-5-7-20-16/h4-7,10,14-15,18,24H,3,8-9,11-12H2,1-2H3,(H,21,25). The highest BCUT2D eigenvalue weighted by Gasteiger charge is 2.36. The Morgan fingerprint density at radius 2 is 2.27 bits per heavy atom. The van der Waals surface area contributed by atoms with E-state index in [2.05, 4.69) is 15.4 Å². The van der Waals surface area contributed by atoms with Gasteiger partial charge in [-0.25, -0.2) is 0 Å². The number of nitrogens with zero attached hydrogens (tertiary/aromatic N) is 3. The first-order chi connectivity index (χ1) is 12.6. The summed E-state index contributed by atoms with van der Waals surface area (Å²) in [5, 5.41) is 17.2. The number of pyridine rings is 1. The van der Waals surface area contributed by atoms with Crippen LogP contribution in [0.2, 0.25) is 0 Å². The molecular weight excluding hydrogens is 332 g/mol. The van der Waals surface area contributed by atoms with Crippen LogP contribution in [0.25, 0.3) is 0 Å². The smallest absolute Gasteiger partial charge is 0.270 e. The van der Waals surface area contributed by atoms with Crippen molar-refractivity contribution in [2.24, 2.45) is 5.92 Å². The van der Waals surface area contributed by atoms with Crippen LogP contribution in [0, 0.1) is 12.8 Å². The first-order valence-corrected chi connectivity index (χ1v) is 9.10. The van der Waals surface area contributed by atoms with Gasteiger partial charge in [-0.2, -0.15) is 5.10 Å². The molecular formula is C19H26N4O3. The molecule has 2 aromatic rings. The van der Waals surface area contributed by atoms with Crippen molar-refractivity contribution in [1.29, 1.82) is 0 Å². The van der Waals surface area contributed by atoms with Crippen molar-refractivity contribution in [1.82, 2.24) is 20.1 Å². The van der Waals surface area contributed by atoms with Gasteiger partial charge in [0.25, 0.3) is 5.91 Å². The van der Waals surface area contributed by atoms with E-state index in [1.807, 2.05) is 32.0 Å². The van der Waals surface area contributed by atoms with Crippen LogP contribution >= 0.6 is 0 Å². The fraction of sp³-hybridized carbons (Fsp3) is 0.526. The van der Waals surface area contributed by atoms with Gasteiger partial charge in [0.2, 0.25) is 0 Å². The summed E-state index contributed by atoms with van der Waals surface area (Å²) < 4.78 is 7.06. The van der Waals surface area contributed by atoms with Crippen molar-refractivity contribution in [3.05, 3.63) is 47.5 Å². The third kappa shape index (κ3) is 4.28. The molecule has 1 amide bonds. The van der Waals surface area contributed by atoms with Gasteiger partial charge in [0.1, 0.15) is 5.69 Å². The quantitative estimate of drug-likeness (QED) is 0.703. The van der Waals surface area contributed by atoms with Crippen molar-refractivity contribution in [3.63, 3.8) is 0 Å². The van der Waals surface area contributed by atoms with E-state index in [0.717, 1.165) is 11.4 Å². The second-order valence-corrected chi connectivity index (χ2v) is 6.68. The third-order valence-corrected chi connectivity index (χ3v) is 4.70. The van der Waals surface area contributed by atoms with E-state index in [-0.39, 0.29) is 24.0 Å². The average molecular weight is 358 g/mol. The molecule has 2 aromatic heterocycles. The molecule has 1 aliphatic rings. The van der Waals surface area contributed by atoms with E-state index in [4.69, 9.17) is 4.74 Å².